The third-order valence-electron chi connectivity index (χ3n) is 5.75. The summed E-state index contributed by atoms with van der Waals surface area (Å²) in [6, 6.07) is 8.86. The van der Waals surface area contributed by atoms with Crippen molar-refractivity contribution in [3.8, 4) is 5.75 Å². The number of hydrogen-bond acceptors (Lipinski definition) is 7. The van der Waals surface area contributed by atoms with Crippen LogP contribution < -0.4 is 4.74 Å². The lowest BCUT2D eigenvalue weighted by atomic mass is 9.86. The normalized spacial score (nSPS) is 29.9. The predicted molar refractivity (Wildman–Crippen MR) is 113 cm³/mol. The van der Waals surface area contributed by atoms with Gasteiger partial charge in [-0.3, -0.25) is 0 Å². The number of hydrogen-bond donors (Lipinski definition) is 4. The van der Waals surface area contributed by atoms with Crippen LogP contribution in [0.5, 0.6) is 5.75 Å². The van der Waals surface area contributed by atoms with Gasteiger partial charge in [-0.1, -0.05) is 29.3 Å². The van der Waals surface area contributed by atoms with Gasteiger partial charge < -0.3 is 34.6 Å². The Hall–Kier alpha value is -1.42. The molecule has 0 amide bonds. The lowest BCUT2D eigenvalue weighted by Gasteiger charge is -2.46. The molecule has 0 saturated carbocycles. The summed E-state index contributed by atoms with van der Waals surface area (Å²) in [6.07, 6.45) is -5.27. The molecule has 0 bridgehead atoms. The minimum atomic E-state index is -1.72. The Kier molecular flexibility index (Phi) is 6.49. The topological polar surface area (TPSA) is 109 Å². The predicted octanol–water partition coefficient (Wildman–Crippen LogP) is 2.14. The number of benzene rings is 2. The zero-order valence-corrected chi connectivity index (χ0v) is 18.3. The molecule has 2 heterocycles. The molecular formula is C22H24Cl2O7. The molecule has 168 valence electrons. The van der Waals surface area contributed by atoms with E-state index in [-0.39, 0.29) is 6.61 Å². The van der Waals surface area contributed by atoms with Crippen LogP contribution in [0, 0.1) is 0 Å². The Morgan fingerprint density at radius 2 is 1.87 bits per heavy atom. The van der Waals surface area contributed by atoms with Crippen molar-refractivity contribution in [1.29, 1.82) is 0 Å². The first-order valence-electron chi connectivity index (χ1n) is 10.0. The number of fused-ring (bicyclic) bond motifs is 2. The van der Waals surface area contributed by atoms with E-state index in [2.05, 4.69) is 0 Å². The van der Waals surface area contributed by atoms with Crippen LogP contribution in [-0.4, -0.2) is 58.1 Å². The van der Waals surface area contributed by atoms with Crippen molar-refractivity contribution in [1.82, 2.24) is 0 Å². The molecule has 2 aliphatic rings. The quantitative estimate of drug-likeness (QED) is 0.529. The number of aliphatic hydroxyl groups is 4. The fourth-order valence-corrected chi connectivity index (χ4v) is 4.57. The van der Waals surface area contributed by atoms with E-state index in [0.29, 0.717) is 39.9 Å². The molecule has 1 fully saturated rings. The Bertz CT molecular complexity index is 967. The standard InChI is InChI=1S/C22H24Cl2O7/c1-2-29-17-8-14(23)4-3-11(17)5-12-6-15-13(7-16(12)24)10-30-22(15)21(28)20(27)19(26)18(9-25)31-22/h3-4,6-8,18-21,25-28H,2,5,9-10H2,1H3/t18-,19-,20+,21-,22+/m1/s1. The molecule has 0 aromatic heterocycles. The van der Waals surface area contributed by atoms with Crippen molar-refractivity contribution in [2.24, 2.45) is 0 Å². The molecule has 1 spiro atoms. The summed E-state index contributed by atoms with van der Waals surface area (Å²) in [7, 11) is 0. The summed E-state index contributed by atoms with van der Waals surface area (Å²) >= 11 is 12.6. The highest BCUT2D eigenvalue weighted by atomic mass is 35.5. The fourth-order valence-electron chi connectivity index (χ4n) is 4.15. The lowest BCUT2D eigenvalue weighted by Crippen LogP contribution is -2.63. The maximum atomic E-state index is 10.7. The van der Waals surface area contributed by atoms with E-state index in [1.54, 1.807) is 24.3 Å². The first-order chi connectivity index (χ1) is 14.8. The molecule has 2 aromatic carbocycles. The first-order valence-corrected chi connectivity index (χ1v) is 10.8. The van der Waals surface area contributed by atoms with Crippen molar-refractivity contribution in [2.45, 2.75) is 50.2 Å². The summed E-state index contributed by atoms with van der Waals surface area (Å²) in [5.41, 5.74) is 2.78. The highest BCUT2D eigenvalue weighted by Crippen LogP contribution is 2.47. The average molecular weight is 471 g/mol. The van der Waals surface area contributed by atoms with Crippen molar-refractivity contribution >= 4 is 23.2 Å². The molecule has 0 aliphatic carbocycles. The van der Waals surface area contributed by atoms with Crippen molar-refractivity contribution in [2.75, 3.05) is 13.2 Å². The van der Waals surface area contributed by atoms with E-state index in [1.165, 1.54) is 0 Å². The third kappa shape index (κ3) is 3.94. The van der Waals surface area contributed by atoms with Gasteiger partial charge >= 0.3 is 0 Å². The second kappa shape index (κ2) is 8.84. The summed E-state index contributed by atoms with van der Waals surface area (Å²) in [6.45, 7) is 1.91. The summed E-state index contributed by atoms with van der Waals surface area (Å²) < 4.78 is 17.3. The lowest BCUT2D eigenvalue weighted by molar-refractivity contribution is -0.368. The molecule has 9 heteroatoms. The minimum absolute atomic E-state index is 0.0957. The van der Waals surface area contributed by atoms with Gasteiger partial charge in [-0.25, -0.2) is 0 Å². The van der Waals surface area contributed by atoms with E-state index in [4.69, 9.17) is 37.4 Å². The van der Waals surface area contributed by atoms with Crippen LogP contribution in [-0.2, 0) is 28.3 Å². The van der Waals surface area contributed by atoms with Crippen LogP contribution in [0.2, 0.25) is 10.0 Å². The zero-order valence-electron chi connectivity index (χ0n) is 16.8. The first kappa shape index (κ1) is 22.8. The second-order valence-corrected chi connectivity index (χ2v) is 8.53. The number of aliphatic hydroxyl groups excluding tert-OH is 4. The van der Waals surface area contributed by atoms with Gasteiger partial charge in [0.05, 0.1) is 19.8 Å². The number of ether oxygens (including phenoxy) is 3. The van der Waals surface area contributed by atoms with Gasteiger partial charge in [0.2, 0.25) is 5.79 Å². The Balaban J connectivity index is 1.74. The maximum Gasteiger partial charge on any atom is 0.225 e. The molecule has 1 saturated heterocycles. The van der Waals surface area contributed by atoms with Crippen LogP contribution in [0.3, 0.4) is 0 Å². The van der Waals surface area contributed by atoms with Crippen molar-refractivity contribution < 1.29 is 34.6 Å². The van der Waals surface area contributed by atoms with Gasteiger partial charge in [-0.15, -0.1) is 0 Å². The fraction of sp³-hybridized carbons (Fsp3) is 0.455. The molecule has 5 atom stereocenters. The highest BCUT2D eigenvalue weighted by molar-refractivity contribution is 6.31. The second-order valence-electron chi connectivity index (χ2n) is 7.68. The molecule has 7 nitrogen and oxygen atoms in total. The van der Waals surface area contributed by atoms with Gasteiger partial charge in [0, 0.05) is 22.0 Å². The molecule has 4 N–H and O–H groups in total. The Morgan fingerprint density at radius 3 is 2.58 bits per heavy atom. The summed E-state index contributed by atoms with van der Waals surface area (Å²) in [5, 5.41) is 41.8. The molecule has 4 rings (SSSR count). The van der Waals surface area contributed by atoms with Gasteiger partial charge in [0.25, 0.3) is 0 Å². The third-order valence-corrected chi connectivity index (χ3v) is 6.34. The van der Waals surface area contributed by atoms with Crippen LogP contribution in [0.15, 0.2) is 30.3 Å². The van der Waals surface area contributed by atoms with E-state index in [9.17, 15) is 20.4 Å². The maximum absolute atomic E-state index is 10.7. The smallest absolute Gasteiger partial charge is 0.225 e. The van der Waals surface area contributed by atoms with Crippen LogP contribution in [0.1, 0.15) is 29.2 Å². The molecular weight excluding hydrogens is 447 g/mol. The van der Waals surface area contributed by atoms with E-state index < -0.39 is 36.8 Å². The SMILES string of the molecule is CCOc1cc(Cl)ccc1Cc1cc2c(cc1Cl)CO[C@]21O[C@H](CO)[C@@H](O)[C@H](O)[C@H]1O. The molecule has 2 aromatic rings. The van der Waals surface area contributed by atoms with Crippen molar-refractivity contribution in [3.63, 3.8) is 0 Å². The highest BCUT2D eigenvalue weighted by Gasteiger charge is 2.58. The minimum Gasteiger partial charge on any atom is -0.494 e. The largest absolute Gasteiger partial charge is 0.494 e. The molecule has 31 heavy (non-hydrogen) atoms. The van der Waals surface area contributed by atoms with Crippen molar-refractivity contribution in [3.05, 3.63) is 62.6 Å². The van der Waals surface area contributed by atoms with Gasteiger partial charge in [0.15, 0.2) is 0 Å². The molecule has 0 unspecified atom stereocenters. The average Bonchev–Trinajstić information content (AvgIpc) is 3.09. The van der Waals surface area contributed by atoms with Gasteiger partial charge in [-0.2, -0.15) is 0 Å². The van der Waals surface area contributed by atoms with E-state index >= 15 is 0 Å². The molecule has 0 radical (unpaired) electrons. The van der Waals surface area contributed by atoms with Crippen LogP contribution >= 0.6 is 23.2 Å². The molecule has 2 aliphatic heterocycles. The number of halogens is 2. The summed E-state index contributed by atoms with van der Waals surface area (Å²) in [5.74, 6) is -1.07. The zero-order chi connectivity index (χ0) is 22.3. The van der Waals surface area contributed by atoms with E-state index in [0.717, 1.165) is 11.1 Å². The Labute approximate surface area is 189 Å². The van der Waals surface area contributed by atoms with Gasteiger partial charge in [-0.05, 0) is 47.9 Å². The Morgan fingerprint density at radius 1 is 1.10 bits per heavy atom. The number of rotatable bonds is 5. The monoisotopic (exact) mass is 470 g/mol. The van der Waals surface area contributed by atoms with Crippen LogP contribution in [0.25, 0.3) is 0 Å². The van der Waals surface area contributed by atoms with Crippen LogP contribution in [0.4, 0.5) is 0 Å². The summed E-state index contributed by atoms with van der Waals surface area (Å²) in [4.78, 5) is 0. The van der Waals surface area contributed by atoms with E-state index in [1.807, 2.05) is 13.0 Å². The van der Waals surface area contributed by atoms with Gasteiger partial charge in [0.1, 0.15) is 30.2 Å².